The maximum absolute atomic E-state index is 11.5. The third kappa shape index (κ3) is 3.59. The zero-order chi connectivity index (χ0) is 18.8. The first kappa shape index (κ1) is 18.4. The normalized spacial score (nSPS) is 17.3. The van der Waals surface area contributed by atoms with Crippen LogP contribution in [0.3, 0.4) is 0 Å². The number of likely N-dealkylation sites (tertiary alicyclic amines) is 1. The highest BCUT2D eigenvalue weighted by molar-refractivity contribution is 7.17. The minimum atomic E-state index is -0.0234. The molecule has 0 atom stereocenters. The van der Waals surface area contributed by atoms with E-state index < -0.39 is 0 Å². The first-order valence-corrected chi connectivity index (χ1v) is 10.5. The second kappa shape index (κ2) is 7.97. The van der Waals surface area contributed by atoms with Crippen LogP contribution in [0.2, 0.25) is 0 Å². The standard InChI is InChI=1S/C22H26N2O2S/c1-23-10-8-17(9-11-23)21-19-5-3-2-4-16(19)6-7-18-14-20(27-22(18)21)24(15-26)12-13-25/h2-5,14-15,25H,6-13H2,1H3. The maximum Gasteiger partial charge on any atom is 0.214 e. The molecule has 27 heavy (non-hydrogen) atoms. The molecule has 0 saturated carbocycles. The minimum Gasteiger partial charge on any atom is -0.395 e. The van der Waals surface area contributed by atoms with Crippen molar-refractivity contribution in [3.8, 4) is 0 Å². The minimum absolute atomic E-state index is 0.0234. The number of carbonyl (C=O) groups excluding carboxylic acids is 1. The van der Waals surface area contributed by atoms with Gasteiger partial charge in [0, 0.05) is 24.5 Å². The molecule has 1 saturated heterocycles. The van der Waals surface area contributed by atoms with E-state index in [9.17, 15) is 9.90 Å². The Morgan fingerprint density at radius 3 is 2.63 bits per heavy atom. The van der Waals surface area contributed by atoms with E-state index in [1.165, 1.54) is 32.7 Å². The number of rotatable bonds is 4. The predicted octanol–water partition coefficient (Wildman–Crippen LogP) is 3.33. The molecule has 1 aromatic carbocycles. The molecule has 142 valence electrons. The highest BCUT2D eigenvalue weighted by Crippen LogP contribution is 2.44. The van der Waals surface area contributed by atoms with Gasteiger partial charge < -0.3 is 14.9 Å². The smallest absolute Gasteiger partial charge is 0.214 e. The van der Waals surface area contributed by atoms with Crippen LogP contribution in [0.5, 0.6) is 0 Å². The molecule has 0 bridgehead atoms. The number of piperidine rings is 1. The van der Waals surface area contributed by atoms with E-state index in [0.29, 0.717) is 6.54 Å². The molecule has 1 fully saturated rings. The molecule has 1 aromatic heterocycles. The molecule has 2 aliphatic rings. The molecule has 1 amide bonds. The summed E-state index contributed by atoms with van der Waals surface area (Å²) < 4.78 is 0. The predicted molar refractivity (Wildman–Crippen MR) is 111 cm³/mol. The molecule has 0 spiro atoms. The third-order valence-corrected chi connectivity index (χ3v) is 6.90. The maximum atomic E-state index is 11.5. The van der Waals surface area contributed by atoms with Crippen molar-refractivity contribution in [2.75, 3.05) is 38.2 Å². The molecule has 2 aromatic rings. The second-order valence-electron chi connectivity index (χ2n) is 7.40. The average molecular weight is 383 g/mol. The Labute approximate surface area is 164 Å². The van der Waals surface area contributed by atoms with Gasteiger partial charge in [-0.25, -0.2) is 0 Å². The van der Waals surface area contributed by atoms with Crippen LogP contribution in [-0.2, 0) is 17.6 Å². The van der Waals surface area contributed by atoms with Gasteiger partial charge in [-0.1, -0.05) is 29.8 Å². The SMILES string of the molecule is CN1CCC(=C2c3ccccc3CCc3cc(N(C=O)CCO)sc32)CC1. The van der Waals surface area contributed by atoms with Crippen molar-refractivity contribution in [1.29, 1.82) is 0 Å². The Balaban J connectivity index is 1.85. The van der Waals surface area contributed by atoms with Gasteiger partial charge in [0.05, 0.1) is 11.6 Å². The molecule has 1 aliphatic carbocycles. The largest absolute Gasteiger partial charge is 0.395 e. The van der Waals surface area contributed by atoms with Crippen LogP contribution in [-0.4, -0.2) is 49.7 Å². The quantitative estimate of drug-likeness (QED) is 0.825. The van der Waals surface area contributed by atoms with Crippen LogP contribution < -0.4 is 4.90 Å². The summed E-state index contributed by atoms with van der Waals surface area (Å²) in [5.41, 5.74) is 7.06. The van der Waals surface area contributed by atoms with Gasteiger partial charge >= 0.3 is 0 Å². The number of aliphatic hydroxyl groups is 1. The summed E-state index contributed by atoms with van der Waals surface area (Å²) in [6.07, 6.45) is 5.04. The molecule has 1 aliphatic heterocycles. The van der Waals surface area contributed by atoms with E-state index in [-0.39, 0.29) is 6.61 Å². The van der Waals surface area contributed by atoms with E-state index in [2.05, 4.69) is 42.3 Å². The van der Waals surface area contributed by atoms with Crippen molar-refractivity contribution in [3.63, 3.8) is 0 Å². The van der Waals surface area contributed by atoms with Gasteiger partial charge in [0.1, 0.15) is 0 Å². The zero-order valence-electron chi connectivity index (χ0n) is 15.8. The summed E-state index contributed by atoms with van der Waals surface area (Å²) in [5.74, 6) is 0. The first-order valence-electron chi connectivity index (χ1n) is 9.66. The lowest BCUT2D eigenvalue weighted by molar-refractivity contribution is -0.107. The molecule has 1 N–H and O–H groups in total. The van der Waals surface area contributed by atoms with Crippen LogP contribution in [0.1, 0.15) is 34.4 Å². The fourth-order valence-corrected chi connectivity index (χ4v) is 5.45. The van der Waals surface area contributed by atoms with Crippen molar-refractivity contribution >= 4 is 28.3 Å². The topological polar surface area (TPSA) is 43.8 Å². The number of hydrogen-bond donors (Lipinski definition) is 1. The number of carbonyl (C=O) groups is 1. The van der Waals surface area contributed by atoms with E-state index in [1.54, 1.807) is 16.2 Å². The fraction of sp³-hybridized carbons (Fsp3) is 0.409. The Hall–Kier alpha value is -1.95. The molecular formula is C22H26N2O2S. The first-order chi connectivity index (χ1) is 13.2. The highest BCUT2D eigenvalue weighted by atomic mass is 32.1. The van der Waals surface area contributed by atoms with Crippen LogP contribution >= 0.6 is 11.3 Å². The zero-order valence-corrected chi connectivity index (χ0v) is 16.6. The van der Waals surface area contributed by atoms with Crippen LogP contribution in [0, 0.1) is 0 Å². The van der Waals surface area contributed by atoms with Crippen LogP contribution in [0.15, 0.2) is 35.9 Å². The summed E-state index contributed by atoms with van der Waals surface area (Å²) in [6.45, 7) is 2.51. The van der Waals surface area contributed by atoms with Crippen molar-refractivity contribution in [3.05, 3.63) is 57.5 Å². The van der Waals surface area contributed by atoms with E-state index in [0.717, 1.165) is 50.2 Å². The van der Waals surface area contributed by atoms with Crippen LogP contribution in [0.4, 0.5) is 5.00 Å². The second-order valence-corrected chi connectivity index (χ2v) is 8.43. The number of thiophene rings is 1. The molecular weight excluding hydrogens is 356 g/mol. The van der Waals surface area contributed by atoms with E-state index in [1.807, 2.05) is 0 Å². The Bertz CT molecular complexity index is 861. The number of anilines is 1. The summed E-state index contributed by atoms with van der Waals surface area (Å²) in [5, 5.41) is 10.2. The Morgan fingerprint density at radius 1 is 1.15 bits per heavy atom. The monoisotopic (exact) mass is 382 g/mol. The molecule has 4 nitrogen and oxygen atoms in total. The molecule has 5 heteroatoms. The number of amides is 1. The van der Waals surface area contributed by atoms with Gasteiger partial charge in [-0.3, -0.25) is 4.79 Å². The number of hydrogen-bond acceptors (Lipinski definition) is 4. The summed E-state index contributed by atoms with van der Waals surface area (Å²) in [6, 6.07) is 10.9. The van der Waals surface area contributed by atoms with Gasteiger partial charge in [-0.2, -0.15) is 0 Å². The number of aliphatic hydroxyl groups excluding tert-OH is 1. The molecule has 2 heterocycles. The van der Waals surface area contributed by atoms with Gasteiger partial charge in [-0.05, 0) is 61.1 Å². The summed E-state index contributed by atoms with van der Waals surface area (Å²) in [7, 11) is 2.19. The molecule has 0 unspecified atom stereocenters. The van der Waals surface area contributed by atoms with Crippen molar-refractivity contribution < 1.29 is 9.90 Å². The van der Waals surface area contributed by atoms with E-state index in [4.69, 9.17) is 0 Å². The Morgan fingerprint density at radius 2 is 1.89 bits per heavy atom. The number of aryl methyl sites for hydroxylation is 2. The summed E-state index contributed by atoms with van der Waals surface area (Å²) in [4.78, 5) is 16.8. The average Bonchev–Trinajstić information content (AvgIpc) is 3.04. The lowest BCUT2D eigenvalue weighted by Gasteiger charge is -2.27. The molecule has 0 radical (unpaired) electrons. The van der Waals surface area contributed by atoms with Gasteiger partial charge in [-0.15, -0.1) is 11.3 Å². The highest BCUT2D eigenvalue weighted by Gasteiger charge is 2.26. The number of benzene rings is 1. The number of fused-ring (bicyclic) bond motifs is 2. The Kier molecular flexibility index (Phi) is 5.43. The van der Waals surface area contributed by atoms with E-state index >= 15 is 0 Å². The van der Waals surface area contributed by atoms with Crippen molar-refractivity contribution in [1.82, 2.24) is 4.90 Å². The summed E-state index contributed by atoms with van der Waals surface area (Å²) >= 11 is 1.70. The van der Waals surface area contributed by atoms with Crippen molar-refractivity contribution in [2.45, 2.75) is 25.7 Å². The van der Waals surface area contributed by atoms with Crippen LogP contribution in [0.25, 0.3) is 5.57 Å². The molecule has 4 rings (SSSR count). The third-order valence-electron chi connectivity index (χ3n) is 5.67. The number of nitrogens with zero attached hydrogens (tertiary/aromatic N) is 2. The van der Waals surface area contributed by atoms with Crippen molar-refractivity contribution in [2.24, 2.45) is 0 Å². The van der Waals surface area contributed by atoms with Gasteiger partial charge in [0.2, 0.25) is 6.41 Å². The lowest BCUT2D eigenvalue weighted by Crippen LogP contribution is -2.26. The fourth-order valence-electron chi connectivity index (χ4n) is 4.14. The lowest BCUT2D eigenvalue weighted by atomic mass is 9.90. The van der Waals surface area contributed by atoms with Gasteiger partial charge in [0.15, 0.2) is 0 Å². The van der Waals surface area contributed by atoms with Gasteiger partial charge in [0.25, 0.3) is 0 Å².